The Morgan fingerprint density at radius 1 is 1.24 bits per heavy atom. The number of carboxylic acid groups (broad SMARTS) is 1. The van der Waals surface area contributed by atoms with E-state index in [1.807, 2.05) is 49.4 Å². The van der Waals surface area contributed by atoms with E-state index >= 15 is 0 Å². The van der Waals surface area contributed by atoms with Gasteiger partial charge < -0.3 is 9.63 Å². The van der Waals surface area contributed by atoms with Gasteiger partial charge in [-0.05, 0) is 37.2 Å². The Morgan fingerprint density at radius 3 is 2.64 bits per heavy atom. The number of rotatable bonds is 6. The van der Waals surface area contributed by atoms with E-state index in [1.165, 1.54) is 0 Å². The summed E-state index contributed by atoms with van der Waals surface area (Å²) in [5.74, 6) is -0.292. The van der Waals surface area contributed by atoms with E-state index in [1.54, 1.807) is 24.3 Å². The van der Waals surface area contributed by atoms with Crippen LogP contribution in [0.4, 0.5) is 0 Å². The molecule has 0 bridgehead atoms. The highest BCUT2D eigenvalue weighted by molar-refractivity contribution is 5.76. The van der Waals surface area contributed by atoms with E-state index in [9.17, 15) is 9.90 Å². The highest BCUT2D eigenvalue weighted by Gasteiger charge is 2.27. The van der Waals surface area contributed by atoms with Crippen LogP contribution in [-0.2, 0) is 11.3 Å². The number of carboxylic acids is 1. The predicted molar refractivity (Wildman–Crippen MR) is 92.8 cm³/mol. The molecule has 0 radical (unpaired) electrons. The molecule has 0 amide bonds. The van der Waals surface area contributed by atoms with Gasteiger partial charge in [-0.15, -0.1) is 0 Å². The van der Waals surface area contributed by atoms with Crippen LogP contribution in [0.15, 0.2) is 59.4 Å². The molecule has 0 fully saturated rings. The number of pyridine rings is 1. The molecular weight excluding hydrogens is 318 g/mol. The first-order valence-electron chi connectivity index (χ1n) is 7.91. The van der Waals surface area contributed by atoms with Crippen molar-refractivity contribution in [2.75, 3.05) is 7.05 Å². The van der Waals surface area contributed by atoms with Gasteiger partial charge in [-0.1, -0.05) is 29.4 Å². The van der Waals surface area contributed by atoms with Crippen LogP contribution in [0.25, 0.3) is 11.3 Å². The van der Waals surface area contributed by atoms with Crippen molar-refractivity contribution in [3.63, 3.8) is 0 Å². The number of aryl methyl sites for hydroxylation is 1. The molecule has 128 valence electrons. The SMILES string of the molecule is Cc1ccccc1[C@@H](C(=O)O)N(C)Cc1cc(-c2ccncc2)no1. The Morgan fingerprint density at radius 2 is 1.96 bits per heavy atom. The Hall–Kier alpha value is -2.99. The van der Waals surface area contributed by atoms with Crippen molar-refractivity contribution >= 4 is 5.97 Å². The quantitative estimate of drug-likeness (QED) is 0.743. The summed E-state index contributed by atoms with van der Waals surface area (Å²) in [7, 11) is 1.76. The van der Waals surface area contributed by atoms with Crippen LogP contribution < -0.4 is 0 Å². The standard InChI is InChI=1S/C19H19N3O3/c1-13-5-3-4-6-16(13)18(19(23)24)22(2)12-15-11-17(21-25-15)14-7-9-20-10-8-14/h3-11,18H,12H2,1-2H3,(H,23,24)/t18-/m0/s1. The molecule has 1 atom stereocenters. The van der Waals surface area contributed by atoms with Crippen LogP contribution in [0, 0.1) is 6.92 Å². The molecule has 6 heteroatoms. The third-order valence-electron chi connectivity index (χ3n) is 4.10. The lowest BCUT2D eigenvalue weighted by molar-refractivity contribution is -0.143. The minimum Gasteiger partial charge on any atom is -0.480 e. The minimum atomic E-state index is -0.898. The predicted octanol–water partition coefficient (Wildman–Crippen LogP) is 3.30. The fraction of sp³-hybridized carbons (Fsp3) is 0.211. The number of aliphatic carboxylic acids is 1. The van der Waals surface area contributed by atoms with Crippen LogP contribution >= 0.6 is 0 Å². The van der Waals surface area contributed by atoms with Gasteiger partial charge in [0.05, 0.1) is 6.54 Å². The molecule has 0 saturated carbocycles. The Bertz CT molecular complexity index is 861. The van der Waals surface area contributed by atoms with Crippen molar-refractivity contribution in [2.45, 2.75) is 19.5 Å². The molecule has 0 aliphatic carbocycles. The van der Waals surface area contributed by atoms with E-state index in [-0.39, 0.29) is 0 Å². The first-order valence-corrected chi connectivity index (χ1v) is 7.91. The molecule has 0 aliphatic heterocycles. The molecule has 3 rings (SSSR count). The van der Waals surface area contributed by atoms with Crippen molar-refractivity contribution < 1.29 is 14.4 Å². The van der Waals surface area contributed by atoms with Crippen molar-refractivity contribution in [1.82, 2.24) is 15.0 Å². The Balaban J connectivity index is 1.81. The fourth-order valence-electron chi connectivity index (χ4n) is 2.84. The second-order valence-electron chi connectivity index (χ2n) is 5.93. The second-order valence-corrected chi connectivity index (χ2v) is 5.93. The maximum absolute atomic E-state index is 11.8. The zero-order chi connectivity index (χ0) is 17.8. The largest absolute Gasteiger partial charge is 0.480 e. The monoisotopic (exact) mass is 337 g/mol. The maximum atomic E-state index is 11.8. The first kappa shape index (κ1) is 16.9. The van der Waals surface area contributed by atoms with E-state index in [4.69, 9.17) is 4.52 Å². The molecule has 2 heterocycles. The molecule has 25 heavy (non-hydrogen) atoms. The smallest absolute Gasteiger partial charge is 0.325 e. The molecule has 6 nitrogen and oxygen atoms in total. The zero-order valence-electron chi connectivity index (χ0n) is 14.1. The minimum absolute atomic E-state index is 0.337. The molecular formula is C19H19N3O3. The molecule has 2 aromatic heterocycles. The lowest BCUT2D eigenvalue weighted by Gasteiger charge is -2.25. The average molecular weight is 337 g/mol. The van der Waals surface area contributed by atoms with Gasteiger partial charge in [-0.25, -0.2) is 0 Å². The lowest BCUT2D eigenvalue weighted by Crippen LogP contribution is -2.30. The first-order chi connectivity index (χ1) is 12.1. The second kappa shape index (κ2) is 7.27. The Labute approximate surface area is 145 Å². The summed E-state index contributed by atoms with van der Waals surface area (Å²) in [4.78, 5) is 17.5. The summed E-state index contributed by atoms with van der Waals surface area (Å²) in [6, 6.07) is 12.3. The van der Waals surface area contributed by atoms with Crippen molar-refractivity contribution in [2.24, 2.45) is 0 Å². The van der Waals surface area contributed by atoms with Crippen LogP contribution in [0.5, 0.6) is 0 Å². The third kappa shape index (κ3) is 3.75. The number of likely N-dealkylation sites (N-methyl/N-ethyl adjacent to an activating group) is 1. The number of hydrogen-bond donors (Lipinski definition) is 1. The highest BCUT2D eigenvalue weighted by atomic mass is 16.5. The van der Waals surface area contributed by atoms with Gasteiger partial charge in [0, 0.05) is 24.0 Å². The highest BCUT2D eigenvalue weighted by Crippen LogP contribution is 2.26. The molecule has 0 aliphatic rings. The van der Waals surface area contributed by atoms with Gasteiger partial charge in [0.15, 0.2) is 5.76 Å². The molecule has 0 spiro atoms. The Kier molecular flexibility index (Phi) is 4.90. The van der Waals surface area contributed by atoms with E-state index in [2.05, 4.69) is 10.1 Å². The number of aromatic nitrogens is 2. The summed E-state index contributed by atoms with van der Waals surface area (Å²) >= 11 is 0. The molecule has 0 saturated heterocycles. The topological polar surface area (TPSA) is 79.5 Å². The van der Waals surface area contributed by atoms with Crippen LogP contribution in [0.1, 0.15) is 22.9 Å². The summed E-state index contributed by atoms with van der Waals surface area (Å²) in [6.07, 6.45) is 3.38. The normalized spacial score (nSPS) is 12.3. The van der Waals surface area contributed by atoms with Gasteiger partial charge in [-0.3, -0.25) is 14.7 Å². The number of carbonyl (C=O) groups is 1. The van der Waals surface area contributed by atoms with Crippen LogP contribution in [0.3, 0.4) is 0 Å². The number of nitrogens with zero attached hydrogens (tertiary/aromatic N) is 3. The molecule has 0 unspecified atom stereocenters. The summed E-state index contributed by atoms with van der Waals surface area (Å²) in [5, 5.41) is 13.7. The van der Waals surface area contributed by atoms with E-state index in [0.717, 1.165) is 16.7 Å². The van der Waals surface area contributed by atoms with Crippen molar-refractivity contribution in [3.8, 4) is 11.3 Å². The van der Waals surface area contributed by atoms with Gasteiger partial charge in [-0.2, -0.15) is 0 Å². The summed E-state index contributed by atoms with van der Waals surface area (Å²) in [6.45, 7) is 2.25. The number of benzene rings is 1. The maximum Gasteiger partial charge on any atom is 0.325 e. The lowest BCUT2D eigenvalue weighted by atomic mass is 10.0. The summed E-state index contributed by atoms with van der Waals surface area (Å²) in [5.41, 5.74) is 3.32. The third-order valence-corrected chi connectivity index (χ3v) is 4.10. The van der Waals surface area contributed by atoms with Crippen molar-refractivity contribution in [1.29, 1.82) is 0 Å². The van der Waals surface area contributed by atoms with Crippen molar-refractivity contribution in [3.05, 3.63) is 71.7 Å². The zero-order valence-corrected chi connectivity index (χ0v) is 14.1. The van der Waals surface area contributed by atoms with Gasteiger partial charge >= 0.3 is 5.97 Å². The fourth-order valence-corrected chi connectivity index (χ4v) is 2.84. The van der Waals surface area contributed by atoms with Crippen LogP contribution in [0.2, 0.25) is 0 Å². The van der Waals surface area contributed by atoms with Gasteiger partial charge in [0.2, 0.25) is 0 Å². The molecule has 3 aromatic rings. The van der Waals surface area contributed by atoms with Crippen LogP contribution in [-0.4, -0.2) is 33.2 Å². The molecule has 1 N–H and O–H groups in total. The van der Waals surface area contributed by atoms with E-state index < -0.39 is 12.0 Å². The average Bonchev–Trinajstić information content (AvgIpc) is 3.06. The van der Waals surface area contributed by atoms with E-state index in [0.29, 0.717) is 18.0 Å². The summed E-state index contributed by atoms with van der Waals surface area (Å²) < 4.78 is 5.38. The van der Waals surface area contributed by atoms with Gasteiger partial charge in [0.1, 0.15) is 11.7 Å². The van der Waals surface area contributed by atoms with Gasteiger partial charge in [0.25, 0.3) is 0 Å². The number of hydrogen-bond acceptors (Lipinski definition) is 5. The molecule has 1 aromatic carbocycles.